The van der Waals surface area contributed by atoms with E-state index < -0.39 is 10.0 Å². The van der Waals surface area contributed by atoms with E-state index in [9.17, 15) is 13.2 Å². The number of thiazole rings is 1. The van der Waals surface area contributed by atoms with E-state index in [0.717, 1.165) is 53.7 Å². The summed E-state index contributed by atoms with van der Waals surface area (Å²) in [5.41, 5.74) is 1.35. The molecule has 9 heteroatoms. The van der Waals surface area contributed by atoms with Crippen molar-refractivity contribution in [1.29, 1.82) is 0 Å². The lowest BCUT2D eigenvalue weighted by Gasteiger charge is -2.32. The zero-order valence-corrected chi connectivity index (χ0v) is 20.8. The van der Waals surface area contributed by atoms with Gasteiger partial charge in [0, 0.05) is 30.6 Å². The third kappa shape index (κ3) is 4.69. The van der Waals surface area contributed by atoms with Crippen LogP contribution in [0.2, 0.25) is 0 Å². The second kappa shape index (κ2) is 9.64. The van der Waals surface area contributed by atoms with Gasteiger partial charge in [-0.25, -0.2) is 18.1 Å². The molecule has 1 aliphatic heterocycles. The van der Waals surface area contributed by atoms with Gasteiger partial charge in [-0.2, -0.15) is 0 Å². The number of carbonyl (C=O) groups is 1. The van der Waals surface area contributed by atoms with Crippen molar-refractivity contribution in [3.8, 4) is 5.75 Å². The summed E-state index contributed by atoms with van der Waals surface area (Å²) in [5.74, 6) is 0.263. The van der Waals surface area contributed by atoms with E-state index in [-0.39, 0.29) is 28.5 Å². The van der Waals surface area contributed by atoms with Gasteiger partial charge < -0.3 is 9.64 Å². The second-order valence-corrected chi connectivity index (χ2v) is 11.8. The zero-order chi connectivity index (χ0) is 23.7. The number of rotatable bonds is 6. The number of nitrogens with one attached hydrogen (secondary N) is 1. The molecule has 5 rings (SSSR count). The average Bonchev–Trinajstić information content (AvgIpc) is 3.52. The van der Waals surface area contributed by atoms with Crippen LogP contribution in [0.25, 0.3) is 10.2 Å². The lowest BCUT2D eigenvalue weighted by atomic mass is 9.98. The first-order valence-corrected chi connectivity index (χ1v) is 14.1. The number of likely N-dealkylation sites (tertiary alicyclic amines) is 1. The molecule has 1 saturated carbocycles. The normalized spacial score (nSPS) is 19.6. The summed E-state index contributed by atoms with van der Waals surface area (Å²) in [5, 5.41) is 1.05. The maximum Gasteiger partial charge on any atom is 0.253 e. The smallest absolute Gasteiger partial charge is 0.253 e. The van der Waals surface area contributed by atoms with Crippen LogP contribution < -0.4 is 9.46 Å². The molecule has 1 aromatic heterocycles. The molecule has 2 fully saturated rings. The number of hydrogen-bond donors (Lipinski definition) is 1. The largest absolute Gasteiger partial charge is 0.495 e. The van der Waals surface area contributed by atoms with Gasteiger partial charge in [0.1, 0.15) is 10.6 Å². The molecular weight excluding hydrogens is 470 g/mol. The van der Waals surface area contributed by atoms with Crippen molar-refractivity contribution in [1.82, 2.24) is 14.6 Å². The van der Waals surface area contributed by atoms with E-state index in [1.54, 1.807) is 23.5 Å². The Kier molecular flexibility index (Phi) is 6.59. The number of ether oxygens (including phenoxy) is 1. The van der Waals surface area contributed by atoms with Gasteiger partial charge >= 0.3 is 0 Å². The van der Waals surface area contributed by atoms with Crippen molar-refractivity contribution >= 4 is 37.5 Å². The predicted octanol–water partition coefficient (Wildman–Crippen LogP) is 4.55. The van der Waals surface area contributed by atoms with Gasteiger partial charge in [0.15, 0.2) is 0 Å². The molecule has 180 valence electrons. The first-order valence-electron chi connectivity index (χ1n) is 11.8. The van der Waals surface area contributed by atoms with Crippen molar-refractivity contribution < 1.29 is 17.9 Å². The van der Waals surface area contributed by atoms with Crippen molar-refractivity contribution in [2.75, 3.05) is 20.2 Å². The lowest BCUT2D eigenvalue weighted by molar-refractivity contribution is 0.0707. The van der Waals surface area contributed by atoms with Gasteiger partial charge in [-0.05, 0) is 56.0 Å². The molecule has 3 aromatic rings. The topological polar surface area (TPSA) is 88.6 Å². The lowest BCUT2D eigenvalue weighted by Crippen LogP contribution is -2.39. The Balaban J connectivity index is 1.37. The fraction of sp³-hybridized carbons (Fsp3) is 0.440. The second-order valence-electron chi connectivity index (χ2n) is 9.08. The quantitative estimate of drug-likeness (QED) is 0.538. The van der Waals surface area contributed by atoms with E-state index >= 15 is 0 Å². The fourth-order valence-electron chi connectivity index (χ4n) is 4.96. The van der Waals surface area contributed by atoms with Crippen LogP contribution in [-0.4, -0.2) is 50.5 Å². The van der Waals surface area contributed by atoms with Gasteiger partial charge in [-0.3, -0.25) is 4.79 Å². The Labute approximate surface area is 204 Å². The maximum atomic E-state index is 13.4. The van der Waals surface area contributed by atoms with Crippen LogP contribution in [0.5, 0.6) is 5.75 Å². The summed E-state index contributed by atoms with van der Waals surface area (Å²) in [6.07, 6.45) is 5.58. The van der Waals surface area contributed by atoms with Crippen LogP contribution >= 0.6 is 11.3 Å². The molecule has 0 spiro atoms. The number of fused-ring (bicyclic) bond motifs is 1. The SMILES string of the molecule is COc1ccc(C(=O)N2CCC[C@H](c3nc4ccccc4s3)C2)cc1S(=O)(=O)NC1CCCC1. The number of methoxy groups -OCH3 is 1. The summed E-state index contributed by atoms with van der Waals surface area (Å²) in [6, 6.07) is 12.7. The summed E-state index contributed by atoms with van der Waals surface area (Å²) in [6.45, 7) is 1.22. The third-order valence-electron chi connectivity index (χ3n) is 6.75. The minimum Gasteiger partial charge on any atom is -0.495 e. The molecule has 1 aliphatic carbocycles. The van der Waals surface area contributed by atoms with E-state index in [4.69, 9.17) is 9.72 Å². The Hall–Kier alpha value is -2.49. The molecule has 34 heavy (non-hydrogen) atoms. The molecule has 7 nitrogen and oxygen atoms in total. The van der Waals surface area contributed by atoms with E-state index in [1.807, 2.05) is 23.1 Å². The maximum absolute atomic E-state index is 13.4. The molecule has 0 unspecified atom stereocenters. The van der Waals surface area contributed by atoms with Crippen LogP contribution in [0.15, 0.2) is 47.4 Å². The summed E-state index contributed by atoms with van der Waals surface area (Å²) in [7, 11) is -2.35. The third-order valence-corrected chi connectivity index (χ3v) is 9.49. The summed E-state index contributed by atoms with van der Waals surface area (Å²) >= 11 is 1.69. The number of amides is 1. The van der Waals surface area contributed by atoms with Crippen LogP contribution in [0.1, 0.15) is 59.8 Å². The molecule has 2 aromatic carbocycles. The number of sulfonamides is 1. The van der Waals surface area contributed by atoms with Gasteiger partial charge in [0.2, 0.25) is 10.0 Å². The highest BCUT2D eigenvalue weighted by Crippen LogP contribution is 2.34. The molecule has 0 bridgehead atoms. The van der Waals surface area contributed by atoms with Gasteiger partial charge in [-0.1, -0.05) is 25.0 Å². The molecule has 0 radical (unpaired) electrons. The molecule has 2 aliphatic rings. The standard InChI is InChI=1S/C25H29N3O4S2/c1-32-21-13-12-17(15-23(21)34(30,31)27-19-8-2-3-9-19)25(29)28-14-6-7-18(16-28)24-26-20-10-4-5-11-22(20)33-24/h4-5,10-13,15,18-19,27H,2-3,6-9,14,16H2,1H3/t18-/m0/s1. The van der Waals surface area contributed by atoms with Crippen molar-refractivity contribution in [3.05, 3.63) is 53.0 Å². The number of piperidine rings is 1. The first kappa shape index (κ1) is 23.3. The van der Waals surface area contributed by atoms with Gasteiger partial charge in [0.25, 0.3) is 5.91 Å². The Morgan fingerprint density at radius 1 is 1.12 bits per heavy atom. The van der Waals surface area contributed by atoms with E-state index in [1.165, 1.54) is 13.2 Å². The number of aromatic nitrogens is 1. The number of hydrogen-bond acceptors (Lipinski definition) is 6. The number of benzene rings is 2. The zero-order valence-electron chi connectivity index (χ0n) is 19.2. The average molecular weight is 500 g/mol. The first-order chi connectivity index (χ1) is 16.4. The van der Waals surface area contributed by atoms with Crippen molar-refractivity contribution in [2.45, 2.75) is 55.4 Å². The highest BCUT2D eigenvalue weighted by molar-refractivity contribution is 7.89. The number of nitrogens with zero attached hydrogens (tertiary/aromatic N) is 2. The van der Waals surface area contributed by atoms with Gasteiger partial charge in [-0.15, -0.1) is 11.3 Å². The molecule has 1 amide bonds. The minimum absolute atomic E-state index is 0.0208. The number of carbonyl (C=O) groups excluding carboxylic acids is 1. The minimum atomic E-state index is -3.80. The molecule has 1 N–H and O–H groups in total. The van der Waals surface area contributed by atoms with Gasteiger partial charge in [0.05, 0.1) is 22.3 Å². The van der Waals surface area contributed by atoms with E-state index in [2.05, 4.69) is 10.8 Å². The van der Waals surface area contributed by atoms with Crippen molar-refractivity contribution in [3.63, 3.8) is 0 Å². The molecular formula is C25H29N3O4S2. The predicted molar refractivity (Wildman–Crippen MR) is 133 cm³/mol. The fourth-order valence-corrected chi connectivity index (χ4v) is 7.55. The molecule has 1 saturated heterocycles. The van der Waals surface area contributed by atoms with Crippen LogP contribution in [0.3, 0.4) is 0 Å². The summed E-state index contributed by atoms with van der Waals surface area (Å²) in [4.78, 5) is 20.1. The molecule has 1 atom stereocenters. The van der Waals surface area contributed by atoms with Crippen LogP contribution in [-0.2, 0) is 10.0 Å². The van der Waals surface area contributed by atoms with E-state index in [0.29, 0.717) is 18.7 Å². The highest BCUT2D eigenvalue weighted by atomic mass is 32.2. The monoisotopic (exact) mass is 499 g/mol. The highest BCUT2D eigenvalue weighted by Gasteiger charge is 2.30. The van der Waals surface area contributed by atoms with Crippen LogP contribution in [0, 0.1) is 0 Å². The number of para-hydroxylation sites is 1. The van der Waals surface area contributed by atoms with Crippen molar-refractivity contribution in [2.24, 2.45) is 0 Å². The summed E-state index contributed by atoms with van der Waals surface area (Å²) < 4.78 is 35.5. The Morgan fingerprint density at radius 3 is 2.68 bits per heavy atom. The Morgan fingerprint density at radius 2 is 1.91 bits per heavy atom. The Bertz CT molecular complexity index is 1270. The van der Waals surface area contributed by atoms with Crippen LogP contribution in [0.4, 0.5) is 0 Å². The molecule has 2 heterocycles.